The molecule has 0 N–H and O–H groups in total. The monoisotopic (exact) mass is 302 g/mol. The van der Waals surface area contributed by atoms with Crippen LogP contribution in [0.2, 0.25) is 0 Å². The van der Waals surface area contributed by atoms with Gasteiger partial charge < -0.3 is 0 Å². The fourth-order valence-corrected chi connectivity index (χ4v) is 2.21. The summed E-state index contributed by atoms with van der Waals surface area (Å²) in [6.07, 6.45) is 10.8. The van der Waals surface area contributed by atoms with Gasteiger partial charge in [0.1, 0.15) is 0 Å². The second kappa shape index (κ2) is 6.32. The average molecular weight is 302 g/mol. The maximum atomic E-state index is 11.7. The summed E-state index contributed by atoms with van der Waals surface area (Å²) < 4.78 is 0. The maximum Gasteiger partial charge on any atom is 0.186 e. The van der Waals surface area contributed by atoms with Crippen molar-refractivity contribution in [2.24, 2.45) is 0 Å². The molecule has 1 aliphatic rings. The molecule has 0 saturated carbocycles. The molecule has 0 radical (unpaired) electrons. The molecule has 2 heterocycles. The predicted octanol–water partition coefficient (Wildman–Crippen LogP) is 3.10. The van der Waals surface area contributed by atoms with E-state index >= 15 is 0 Å². The Kier molecular flexibility index (Phi) is 4.06. The Bertz CT molecular complexity index is 876. The van der Waals surface area contributed by atoms with Crippen molar-refractivity contribution in [2.75, 3.05) is 0 Å². The fourth-order valence-electron chi connectivity index (χ4n) is 2.21. The molecule has 0 aliphatic heterocycles. The van der Waals surface area contributed by atoms with E-state index in [1.807, 2.05) is 31.2 Å². The first kappa shape index (κ1) is 14.8. The fraction of sp³-hybridized carbons (Fsp3) is 0.0526. The summed E-state index contributed by atoms with van der Waals surface area (Å²) in [5, 5.41) is 0. The molecule has 3 rings (SSSR count). The van der Waals surface area contributed by atoms with Crippen LogP contribution >= 0.6 is 0 Å². The number of aromatic nitrogens is 2. The molecule has 1 aliphatic carbocycles. The standard InChI is InChI=1S/C19H14N2O2/c1-13-6-8-20-17(10-13)18-11-14(7-9-21-18)2-3-15-12-16(22)4-5-19(15)23/h2-12H,1H3/b3-2+. The third kappa shape index (κ3) is 3.55. The van der Waals surface area contributed by atoms with Crippen LogP contribution < -0.4 is 0 Å². The molecule has 0 fully saturated rings. The zero-order valence-electron chi connectivity index (χ0n) is 12.6. The quantitative estimate of drug-likeness (QED) is 0.817. The molecule has 0 unspecified atom stereocenters. The van der Waals surface area contributed by atoms with Crippen LogP contribution in [0, 0.1) is 6.92 Å². The predicted molar refractivity (Wildman–Crippen MR) is 88.5 cm³/mol. The van der Waals surface area contributed by atoms with Gasteiger partial charge in [0.2, 0.25) is 0 Å². The van der Waals surface area contributed by atoms with Gasteiger partial charge in [-0.2, -0.15) is 0 Å². The van der Waals surface area contributed by atoms with Crippen LogP contribution in [0.4, 0.5) is 0 Å². The Morgan fingerprint density at radius 1 is 0.913 bits per heavy atom. The van der Waals surface area contributed by atoms with E-state index in [4.69, 9.17) is 0 Å². The van der Waals surface area contributed by atoms with Gasteiger partial charge in [-0.25, -0.2) is 0 Å². The van der Waals surface area contributed by atoms with Crippen LogP contribution in [0.15, 0.2) is 66.5 Å². The van der Waals surface area contributed by atoms with E-state index in [0.29, 0.717) is 5.57 Å². The Hall–Kier alpha value is -3.14. The Balaban J connectivity index is 1.87. The number of ketones is 2. The van der Waals surface area contributed by atoms with E-state index < -0.39 is 0 Å². The molecule has 2 aromatic rings. The SMILES string of the molecule is Cc1ccnc(-c2cc(/C=C/C3=CC(=O)C=CC3=O)ccn2)c1. The lowest BCUT2D eigenvalue weighted by Gasteiger charge is -2.03. The number of pyridine rings is 2. The molecule has 4 heteroatoms. The third-order valence-electron chi connectivity index (χ3n) is 3.40. The molecule has 0 spiro atoms. The molecule has 0 amide bonds. The van der Waals surface area contributed by atoms with Crippen LogP contribution in [-0.4, -0.2) is 21.5 Å². The van der Waals surface area contributed by atoms with Crippen LogP contribution in [0.3, 0.4) is 0 Å². The lowest BCUT2D eigenvalue weighted by Crippen LogP contribution is -2.05. The summed E-state index contributed by atoms with van der Waals surface area (Å²) in [6, 6.07) is 7.62. The van der Waals surface area contributed by atoms with Crippen molar-refractivity contribution in [1.82, 2.24) is 9.97 Å². The van der Waals surface area contributed by atoms with E-state index in [0.717, 1.165) is 22.5 Å². The van der Waals surface area contributed by atoms with Gasteiger partial charge in [0.05, 0.1) is 11.4 Å². The topological polar surface area (TPSA) is 59.9 Å². The van der Waals surface area contributed by atoms with E-state index in [1.165, 1.54) is 18.2 Å². The molecule has 4 nitrogen and oxygen atoms in total. The summed E-state index contributed by atoms with van der Waals surface area (Å²) in [7, 11) is 0. The first-order chi connectivity index (χ1) is 11.1. The third-order valence-corrected chi connectivity index (χ3v) is 3.40. The molecular formula is C19H14N2O2. The number of carbonyl (C=O) groups excluding carboxylic acids is 2. The van der Waals surface area contributed by atoms with E-state index in [2.05, 4.69) is 9.97 Å². The van der Waals surface area contributed by atoms with Crippen molar-refractivity contribution in [2.45, 2.75) is 6.92 Å². The second-order valence-electron chi connectivity index (χ2n) is 5.23. The normalized spacial score (nSPS) is 14.4. The lowest BCUT2D eigenvalue weighted by molar-refractivity contribution is -0.114. The maximum absolute atomic E-state index is 11.7. The van der Waals surface area contributed by atoms with Crippen molar-refractivity contribution in [3.63, 3.8) is 0 Å². The van der Waals surface area contributed by atoms with Crippen molar-refractivity contribution in [3.05, 3.63) is 77.7 Å². The zero-order valence-corrected chi connectivity index (χ0v) is 12.6. The van der Waals surface area contributed by atoms with Gasteiger partial charge in [-0.3, -0.25) is 19.6 Å². The van der Waals surface area contributed by atoms with Gasteiger partial charge >= 0.3 is 0 Å². The smallest absolute Gasteiger partial charge is 0.186 e. The zero-order chi connectivity index (χ0) is 16.2. The molecule has 112 valence electrons. The first-order valence-electron chi connectivity index (χ1n) is 7.17. The van der Waals surface area contributed by atoms with Gasteiger partial charge in [0, 0.05) is 18.0 Å². The highest BCUT2D eigenvalue weighted by Crippen LogP contribution is 2.18. The summed E-state index contributed by atoms with van der Waals surface area (Å²) in [4.78, 5) is 31.7. The van der Waals surface area contributed by atoms with Gasteiger partial charge in [0.15, 0.2) is 11.6 Å². The minimum atomic E-state index is -0.177. The van der Waals surface area contributed by atoms with Crippen molar-refractivity contribution in [3.8, 4) is 11.4 Å². The Morgan fingerprint density at radius 3 is 2.43 bits per heavy atom. The van der Waals surface area contributed by atoms with Crippen molar-refractivity contribution >= 4 is 17.6 Å². The molecular weight excluding hydrogens is 288 g/mol. The number of allylic oxidation sites excluding steroid dienone is 5. The Morgan fingerprint density at radius 2 is 1.65 bits per heavy atom. The number of carbonyl (C=O) groups is 2. The first-order valence-corrected chi connectivity index (χ1v) is 7.17. The lowest BCUT2D eigenvalue weighted by atomic mass is 10.0. The summed E-state index contributed by atoms with van der Waals surface area (Å²) in [5.74, 6) is -0.348. The number of aryl methyl sites for hydroxylation is 1. The molecule has 2 aromatic heterocycles. The minimum absolute atomic E-state index is 0.171. The molecule has 0 saturated heterocycles. The van der Waals surface area contributed by atoms with Crippen LogP contribution in [0.5, 0.6) is 0 Å². The van der Waals surface area contributed by atoms with Crippen molar-refractivity contribution in [1.29, 1.82) is 0 Å². The van der Waals surface area contributed by atoms with Gasteiger partial charge in [-0.05, 0) is 60.5 Å². The van der Waals surface area contributed by atoms with Gasteiger partial charge in [0.25, 0.3) is 0 Å². The minimum Gasteiger partial charge on any atom is -0.290 e. The van der Waals surface area contributed by atoms with E-state index in [1.54, 1.807) is 24.5 Å². The van der Waals surface area contributed by atoms with Gasteiger partial charge in [-0.1, -0.05) is 12.2 Å². The number of hydrogen-bond acceptors (Lipinski definition) is 4. The number of hydrogen-bond donors (Lipinski definition) is 0. The highest BCUT2D eigenvalue weighted by atomic mass is 16.1. The molecule has 23 heavy (non-hydrogen) atoms. The number of rotatable bonds is 3. The second-order valence-corrected chi connectivity index (χ2v) is 5.23. The average Bonchev–Trinajstić information content (AvgIpc) is 2.56. The number of nitrogens with zero attached hydrogens (tertiary/aromatic N) is 2. The summed E-state index contributed by atoms with van der Waals surface area (Å²) in [6.45, 7) is 2.00. The van der Waals surface area contributed by atoms with E-state index in [-0.39, 0.29) is 11.6 Å². The van der Waals surface area contributed by atoms with Gasteiger partial charge in [-0.15, -0.1) is 0 Å². The van der Waals surface area contributed by atoms with Crippen LogP contribution in [0.25, 0.3) is 17.5 Å². The molecule has 0 bridgehead atoms. The Labute approximate surface area is 133 Å². The highest BCUT2D eigenvalue weighted by molar-refractivity contribution is 6.18. The highest BCUT2D eigenvalue weighted by Gasteiger charge is 2.10. The molecule has 0 aromatic carbocycles. The van der Waals surface area contributed by atoms with E-state index in [9.17, 15) is 9.59 Å². The van der Waals surface area contributed by atoms with Crippen LogP contribution in [0.1, 0.15) is 11.1 Å². The van der Waals surface area contributed by atoms with Crippen molar-refractivity contribution < 1.29 is 9.59 Å². The molecule has 0 atom stereocenters. The summed E-state index contributed by atoms with van der Waals surface area (Å²) in [5.41, 5.74) is 3.93. The summed E-state index contributed by atoms with van der Waals surface area (Å²) >= 11 is 0. The largest absolute Gasteiger partial charge is 0.290 e. The van der Waals surface area contributed by atoms with Crippen LogP contribution in [-0.2, 0) is 9.59 Å².